The second-order valence-corrected chi connectivity index (χ2v) is 12.4. The number of rotatable bonds is 7. The minimum Gasteiger partial charge on any atom is -0.321 e. The molecule has 0 aliphatic heterocycles. The lowest BCUT2D eigenvalue weighted by atomic mass is 10.1. The Labute approximate surface area is 249 Å². The molecule has 0 radical (unpaired) electrons. The number of hydrogen-bond donors (Lipinski definition) is 2. The second-order valence-electron chi connectivity index (χ2n) is 10.2. The maximum atomic E-state index is 13.4. The van der Waals surface area contributed by atoms with Crippen LogP contribution in [0.4, 0.5) is 11.4 Å². The van der Waals surface area contributed by atoms with Crippen molar-refractivity contribution in [2.75, 3.05) is 10.6 Å². The Hall–Kier alpha value is -4.16. The van der Waals surface area contributed by atoms with Crippen molar-refractivity contribution in [2.24, 2.45) is 14.1 Å². The lowest BCUT2D eigenvalue weighted by Gasteiger charge is -2.14. The Morgan fingerprint density at radius 2 is 1.07 bits per heavy atom. The molecule has 2 amide bonds. The van der Waals surface area contributed by atoms with Gasteiger partial charge in [-0.05, 0) is 73.9 Å². The number of fused-ring (bicyclic) bond motifs is 2. The van der Waals surface area contributed by atoms with Gasteiger partial charge in [-0.2, -0.15) is 10.2 Å². The van der Waals surface area contributed by atoms with Crippen LogP contribution in [0.3, 0.4) is 0 Å². The summed E-state index contributed by atoms with van der Waals surface area (Å²) in [4.78, 5) is 54.0. The maximum Gasteiger partial charge on any atom is 0.279 e. The monoisotopic (exact) mass is 600 g/mol. The normalized spacial score (nSPS) is 13.5. The van der Waals surface area contributed by atoms with Crippen molar-refractivity contribution in [3.63, 3.8) is 0 Å². The zero-order chi connectivity index (χ0) is 29.4. The number of benzene rings is 2. The van der Waals surface area contributed by atoms with E-state index in [4.69, 9.17) is 0 Å². The molecule has 2 N–H and O–H groups in total. The molecule has 0 bridgehead atoms. The van der Waals surface area contributed by atoms with Gasteiger partial charge in [0.25, 0.3) is 22.9 Å². The summed E-state index contributed by atoms with van der Waals surface area (Å²) in [5, 5.41) is 14.5. The molecular formula is C30H28N6O4S2. The lowest BCUT2D eigenvalue weighted by Crippen LogP contribution is -2.32. The first-order valence-corrected chi connectivity index (χ1v) is 15.8. The van der Waals surface area contributed by atoms with Gasteiger partial charge in [0.05, 0.1) is 22.8 Å². The van der Waals surface area contributed by atoms with Crippen molar-refractivity contribution in [1.82, 2.24) is 19.6 Å². The fraction of sp³-hybridized carbons (Fsp3) is 0.267. The lowest BCUT2D eigenvalue weighted by molar-refractivity contribution is 0.101. The third-order valence-electron chi connectivity index (χ3n) is 7.48. The summed E-state index contributed by atoms with van der Waals surface area (Å²) in [6, 6.07) is 14.7. The summed E-state index contributed by atoms with van der Waals surface area (Å²) in [6.07, 6.45) is 4.54. The topological polar surface area (TPSA) is 128 Å². The third kappa shape index (κ3) is 5.27. The maximum absolute atomic E-state index is 13.4. The van der Waals surface area contributed by atoms with E-state index >= 15 is 0 Å². The highest BCUT2D eigenvalue weighted by Gasteiger charge is 2.27. The molecule has 0 unspecified atom stereocenters. The average Bonchev–Trinajstić information content (AvgIpc) is 3.63. The smallest absolute Gasteiger partial charge is 0.279 e. The molecule has 4 aromatic rings. The van der Waals surface area contributed by atoms with Gasteiger partial charge in [-0.25, -0.2) is 9.36 Å². The molecule has 2 aromatic carbocycles. The Bertz CT molecular complexity index is 1730. The van der Waals surface area contributed by atoms with Crippen LogP contribution in [-0.2, 0) is 39.8 Å². The van der Waals surface area contributed by atoms with Gasteiger partial charge in [0.15, 0.2) is 0 Å². The van der Waals surface area contributed by atoms with E-state index in [9.17, 15) is 19.2 Å². The quantitative estimate of drug-likeness (QED) is 0.303. The van der Waals surface area contributed by atoms with Crippen molar-refractivity contribution in [3.05, 3.63) is 103 Å². The van der Waals surface area contributed by atoms with Crippen molar-refractivity contribution in [3.8, 4) is 0 Å². The number of anilines is 2. The summed E-state index contributed by atoms with van der Waals surface area (Å²) in [7, 11) is 5.95. The van der Waals surface area contributed by atoms with Crippen LogP contribution in [0, 0.1) is 0 Å². The molecule has 0 spiro atoms. The number of amides is 2. The van der Waals surface area contributed by atoms with Gasteiger partial charge in [0.1, 0.15) is 11.1 Å². The molecule has 2 aromatic heterocycles. The zero-order valence-corrected chi connectivity index (χ0v) is 24.7. The van der Waals surface area contributed by atoms with E-state index in [2.05, 4.69) is 20.8 Å². The van der Waals surface area contributed by atoms with Crippen LogP contribution >= 0.6 is 21.6 Å². The number of aryl methyl sites for hydroxylation is 4. The molecule has 2 aliphatic rings. The molecule has 2 aliphatic carbocycles. The molecule has 42 heavy (non-hydrogen) atoms. The number of hydrogen-bond acceptors (Lipinski definition) is 8. The van der Waals surface area contributed by atoms with E-state index < -0.39 is 22.9 Å². The van der Waals surface area contributed by atoms with Crippen molar-refractivity contribution in [1.29, 1.82) is 0 Å². The first-order valence-electron chi connectivity index (χ1n) is 13.6. The molecule has 10 nitrogen and oxygen atoms in total. The zero-order valence-electron chi connectivity index (χ0n) is 23.1. The highest BCUT2D eigenvalue weighted by Crippen LogP contribution is 2.43. The number of nitrogens with one attached hydrogen (secondary N) is 2. The third-order valence-corrected chi connectivity index (χ3v) is 9.97. The van der Waals surface area contributed by atoms with Gasteiger partial charge in [0, 0.05) is 23.9 Å². The van der Waals surface area contributed by atoms with Crippen molar-refractivity contribution in [2.45, 2.75) is 48.3 Å². The van der Waals surface area contributed by atoms with Crippen LogP contribution in [0.1, 0.15) is 56.1 Å². The number of aromatic nitrogens is 4. The number of nitrogens with zero attached hydrogens (tertiary/aromatic N) is 4. The van der Waals surface area contributed by atoms with Gasteiger partial charge in [-0.1, -0.05) is 45.9 Å². The SMILES string of the molecule is Cn1nc2c(c(C(=O)Nc3ccccc3SSc3ccccc3NC(=O)c3c4c(nn(C)c3=O)CCC4)c1=O)CCC2. The molecule has 2 heterocycles. The molecular weight excluding hydrogens is 573 g/mol. The highest BCUT2D eigenvalue weighted by molar-refractivity contribution is 8.76. The van der Waals surface area contributed by atoms with Gasteiger partial charge in [0.2, 0.25) is 0 Å². The molecule has 6 rings (SSSR count). The van der Waals surface area contributed by atoms with Crippen LogP contribution in [0.5, 0.6) is 0 Å². The first kappa shape index (κ1) is 28.0. The molecule has 12 heteroatoms. The molecule has 0 atom stereocenters. The van der Waals surface area contributed by atoms with E-state index in [1.54, 1.807) is 26.2 Å². The summed E-state index contributed by atoms with van der Waals surface area (Å²) in [5.74, 6) is -0.901. The highest BCUT2D eigenvalue weighted by atomic mass is 33.1. The van der Waals surface area contributed by atoms with Gasteiger partial charge < -0.3 is 10.6 Å². The van der Waals surface area contributed by atoms with E-state index in [0.717, 1.165) is 58.0 Å². The number of carbonyl (C=O) groups is 2. The minimum atomic E-state index is -0.451. The largest absolute Gasteiger partial charge is 0.321 e. The standard InChI is InChI=1S/C30H28N6O4S2/c1-35-29(39)25(17-9-7-13-19(17)33-35)27(37)31-21-11-3-5-15-23(21)41-42-24-16-6-4-12-22(24)32-28(38)26-18-10-8-14-20(18)34-36(2)30(26)40/h3-6,11-12,15-16H,7-10,13-14H2,1-2H3,(H,31,37)(H,32,38). The fourth-order valence-corrected chi connectivity index (χ4v) is 7.74. The predicted molar refractivity (Wildman–Crippen MR) is 164 cm³/mol. The van der Waals surface area contributed by atoms with Gasteiger partial charge in [-0.3, -0.25) is 19.2 Å². The average molecular weight is 601 g/mol. The van der Waals surface area contributed by atoms with Crippen LogP contribution in [-0.4, -0.2) is 31.4 Å². The first-order chi connectivity index (χ1) is 20.3. The molecule has 0 saturated heterocycles. The Kier molecular flexibility index (Phi) is 7.74. The Balaban J connectivity index is 1.22. The predicted octanol–water partition coefficient (Wildman–Crippen LogP) is 4.16. The van der Waals surface area contributed by atoms with Crippen LogP contribution in [0.2, 0.25) is 0 Å². The Morgan fingerprint density at radius 1 is 0.667 bits per heavy atom. The van der Waals surface area contributed by atoms with E-state index in [-0.39, 0.29) is 11.1 Å². The number of para-hydroxylation sites is 2. The molecule has 0 fully saturated rings. The van der Waals surface area contributed by atoms with Crippen LogP contribution in [0.15, 0.2) is 67.9 Å². The van der Waals surface area contributed by atoms with Crippen LogP contribution in [0.25, 0.3) is 0 Å². The molecule has 0 saturated carbocycles. The second kappa shape index (κ2) is 11.6. The number of carbonyl (C=O) groups excluding carboxylic acids is 2. The van der Waals surface area contributed by atoms with E-state index in [0.29, 0.717) is 24.2 Å². The summed E-state index contributed by atoms with van der Waals surface area (Å²) >= 11 is 0. The van der Waals surface area contributed by atoms with E-state index in [1.165, 1.54) is 31.0 Å². The summed E-state index contributed by atoms with van der Waals surface area (Å²) in [5.41, 5.74) is 3.68. The fourth-order valence-electron chi connectivity index (χ4n) is 5.46. The summed E-state index contributed by atoms with van der Waals surface area (Å²) < 4.78 is 2.47. The molecule has 214 valence electrons. The minimum absolute atomic E-state index is 0.147. The van der Waals surface area contributed by atoms with Crippen LogP contribution < -0.4 is 21.8 Å². The van der Waals surface area contributed by atoms with E-state index in [1.807, 2.05) is 36.4 Å². The van der Waals surface area contributed by atoms with Gasteiger partial charge >= 0.3 is 0 Å². The van der Waals surface area contributed by atoms with Crippen molar-refractivity contribution < 1.29 is 9.59 Å². The van der Waals surface area contributed by atoms with Crippen molar-refractivity contribution >= 4 is 44.8 Å². The van der Waals surface area contributed by atoms with Gasteiger partial charge in [-0.15, -0.1) is 0 Å². The summed E-state index contributed by atoms with van der Waals surface area (Å²) in [6.45, 7) is 0. The Morgan fingerprint density at radius 3 is 1.50 bits per heavy atom.